The summed E-state index contributed by atoms with van der Waals surface area (Å²) in [6.45, 7) is 0. The van der Waals surface area contributed by atoms with Gasteiger partial charge in [-0.25, -0.2) is 15.4 Å². The van der Waals surface area contributed by atoms with Crippen LogP contribution in [0, 0.1) is 0 Å². The van der Waals surface area contributed by atoms with Crippen molar-refractivity contribution in [2.45, 2.75) is 11.7 Å². The Kier molecular flexibility index (Phi) is 4.07. The normalized spacial score (nSPS) is 19.9. The van der Waals surface area contributed by atoms with Crippen LogP contribution in [0.4, 0.5) is 13.2 Å². The van der Waals surface area contributed by atoms with Crippen molar-refractivity contribution in [1.82, 2.24) is 10.4 Å². The smallest absolute Gasteiger partial charge is 0.433 e. The monoisotopic (exact) mass is 349 g/mol. The highest BCUT2D eigenvalue weighted by Crippen LogP contribution is 2.41. The Bertz CT molecular complexity index is 835. The van der Waals surface area contributed by atoms with Crippen LogP contribution in [-0.4, -0.2) is 24.3 Å². The molecule has 2 aromatic rings. The Morgan fingerprint density at radius 3 is 2.52 bits per heavy atom. The molecular formula is C16H14F3N5O. The average Bonchev–Trinajstić information content (AvgIpc) is 2.61. The first-order valence-electron chi connectivity index (χ1n) is 7.19. The van der Waals surface area contributed by atoms with Gasteiger partial charge in [0.25, 0.3) is 0 Å². The summed E-state index contributed by atoms with van der Waals surface area (Å²) >= 11 is 0. The number of hydrogen-bond donors (Lipinski definition) is 2. The quantitative estimate of drug-likeness (QED) is 0.890. The lowest BCUT2D eigenvalue weighted by Crippen LogP contribution is -2.41. The SMILES string of the molecule is COc1cnc(C(F)(F)F)cc1C1(c2ccccc2)C=NNC(N)=N1. The molecule has 130 valence electrons. The molecule has 0 aliphatic carbocycles. The second-order valence-corrected chi connectivity index (χ2v) is 5.27. The zero-order valence-electron chi connectivity index (χ0n) is 13.1. The number of aromatic nitrogens is 1. The zero-order valence-corrected chi connectivity index (χ0v) is 13.1. The maximum atomic E-state index is 13.2. The Hall–Kier alpha value is -3.10. The summed E-state index contributed by atoms with van der Waals surface area (Å²) in [6, 6.07) is 9.63. The standard InChI is InChI=1S/C16H14F3N5O/c1-25-12-8-21-13(16(17,18)19)7-11(12)15(9-22-24-14(20)23-15)10-5-3-2-4-6-10/h2-9H,1H3,(H3,20,23,24). The van der Waals surface area contributed by atoms with Gasteiger partial charge in [-0.3, -0.25) is 0 Å². The molecule has 0 spiro atoms. The topological polar surface area (TPSA) is 84.9 Å². The van der Waals surface area contributed by atoms with Gasteiger partial charge in [0.1, 0.15) is 11.4 Å². The minimum Gasteiger partial charge on any atom is -0.495 e. The van der Waals surface area contributed by atoms with Crippen LogP contribution < -0.4 is 15.9 Å². The van der Waals surface area contributed by atoms with Crippen LogP contribution >= 0.6 is 0 Å². The number of halogens is 3. The predicted octanol–water partition coefficient (Wildman–Crippen LogP) is 2.26. The van der Waals surface area contributed by atoms with E-state index in [0.29, 0.717) is 5.56 Å². The first kappa shape index (κ1) is 16.7. The summed E-state index contributed by atoms with van der Waals surface area (Å²) in [5.74, 6) is 0.112. The number of guanidine groups is 1. The van der Waals surface area contributed by atoms with Crippen molar-refractivity contribution in [2.75, 3.05) is 7.11 Å². The van der Waals surface area contributed by atoms with E-state index < -0.39 is 17.4 Å². The molecule has 0 saturated heterocycles. The number of pyridine rings is 1. The third kappa shape index (κ3) is 3.00. The third-order valence-corrected chi connectivity index (χ3v) is 3.73. The van der Waals surface area contributed by atoms with Gasteiger partial charge in [-0.2, -0.15) is 18.3 Å². The first-order valence-corrected chi connectivity index (χ1v) is 7.19. The molecule has 0 radical (unpaired) electrons. The molecule has 9 heteroatoms. The number of hydrazone groups is 1. The maximum Gasteiger partial charge on any atom is 0.433 e. The van der Waals surface area contributed by atoms with Crippen molar-refractivity contribution >= 4 is 12.2 Å². The van der Waals surface area contributed by atoms with Crippen LogP contribution in [0.2, 0.25) is 0 Å². The van der Waals surface area contributed by atoms with Crippen LogP contribution in [0.5, 0.6) is 5.75 Å². The molecule has 0 fully saturated rings. The number of hydrogen-bond acceptors (Lipinski definition) is 6. The summed E-state index contributed by atoms with van der Waals surface area (Å²) in [6.07, 6.45) is -2.21. The van der Waals surface area contributed by atoms with Crippen molar-refractivity contribution in [3.8, 4) is 5.75 Å². The molecule has 3 rings (SSSR count). The Morgan fingerprint density at radius 1 is 1.20 bits per heavy atom. The minimum absolute atomic E-state index is 0.0289. The van der Waals surface area contributed by atoms with Crippen molar-refractivity contribution in [3.63, 3.8) is 0 Å². The highest BCUT2D eigenvalue weighted by atomic mass is 19.4. The summed E-state index contributed by atoms with van der Waals surface area (Å²) in [7, 11) is 1.34. The summed E-state index contributed by atoms with van der Waals surface area (Å²) in [5.41, 5.74) is 6.52. The van der Waals surface area contributed by atoms with Crippen LogP contribution in [-0.2, 0) is 11.7 Å². The number of aliphatic imine (C=N–C) groups is 1. The van der Waals surface area contributed by atoms with Gasteiger partial charge >= 0.3 is 6.18 Å². The van der Waals surface area contributed by atoms with Crippen molar-refractivity contribution in [2.24, 2.45) is 15.8 Å². The number of alkyl halides is 3. The minimum atomic E-state index is -4.61. The molecule has 1 aromatic heterocycles. The molecule has 6 nitrogen and oxygen atoms in total. The van der Waals surface area contributed by atoms with Crippen molar-refractivity contribution < 1.29 is 17.9 Å². The fraction of sp³-hybridized carbons (Fsp3) is 0.188. The number of nitrogens with one attached hydrogen (secondary N) is 1. The Balaban J connectivity index is 2.31. The van der Waals surface area contributed by atoms with Crippen LogP contribution in [0.15, 0.2) is 52.7 Å². The highest BCUT2D eigenvalue weighted by Gasteiger charge is 2.41. The van der Waals surface area contributed by atoms with E-state index in [1.165, 1.54) is 13.3 Å². The molecule has 0 bridgehead atoms. The van der Waals surface area contributed by atoms with E-state index in [0.717, 1.165) is 12.3 Å². The molecular weight excluding hydrogens is 335 g/mol. The van der Waals surface area contributed by atoms with Gasteiger partial charge in [0.2, 0.25) is 5.96 Å². The van der Waals surface area contributed by atoms with E-state index in [-0.39, 0.29) is 17.3 Å². The van der Waals surface area contributed by atoms with Gasteiger partial charge < -0.3 is 10.5 Å². The van der Waals surface area contributed by atoms with Gasteiger partial charge in [-0.1, -0.05) is 30.3 Å². The summed E-state index contributed by atoms with van der Waals surface area (Å²) in [5, 5.41) is 3.94. The fourth-order valence-electron chi connectivity index (χ4n) is 2.61. The molecule has 3 N–H and O–H groups in total. The zero-order chi connectivity index (χ0) is 18.1. The lowest BCUT2D eigenvalue weighted by Gasteiger charge is -2.31. The molecule has 0 saturated carbocycles. The number of methoxy groups -OCH3 is 1. The second kappa shape index (κ2) is 6.08. The lowest BCUT2D eigenvalue weighted by molar-refractivity contribution is -0.141. The number of rotatable bonds is 3. The van der Waals surface area contributed by atoms with Crippen LogP contribution in [0.1, 0.15) is 16.8 Å². The predicted molar refractivity (Wildman–Crippen MR) is 86.3 cm³/mol. The first-order chi connectivity index (χ1) is 11.9. The van der Waals surface area contributed by atoms with Gasteiger partial charge in [0, 0.05) is 5.56 Å². The maximum absolute atomic E-state index is 13.2. The van der Waals surface area contributed by atoms with Crippen molar-refractivity contribution in [1.29, 1.82) is 0 Å². The Morgan fingerprint density at radius 2 is 1.92 bits per heavy atom. The lowest BCUT2D eigenvalue weighted by atomic mass is 9.83. The third-order valence-electron chi connectivity index (χ3n) is 3.73. The van der Waals surface area contributed by atoms with E-state index in [2.05, 4.69) is 20.5 Å². The van der Waals surface area contributed by atoms with Gasteiger partial charge in [0.05, 0.1) is 19.5 Å². The van der Waals surface area contributed by atoms with Gasteiger partial charge in [-0.15, -0.1) is 0 Å². The van der Waals surface area contributed by atoms with E-state index in [4.69, 9.17) is 10.5 Å². The number of ether oxygens (including phenoxy) is 1. The molecule has 1 aliphatic rings. The molecule has 1 atom stereocenters. The number of benzene rings is 1. The largest absolute Gasteiger partial charge is 0.495 e. The fourth-order valence-corrected chi connectivity index (χ4v) is 2.61. The second-order valence-electron chi connectivity index (χ2n) is 5.27. The molecule has 1 unspecified atom stereocenters. The number of nitrogens with zero attached hydrogens (tertiary/aromatic N) is 3. The summed E-state index contributed by atoms with van der Waals surface area (Å²) in [4.78, 5) is 7.78. The van der Waals surface area contributed by atoms with Crippen LogP contribution in [0.3, 0.4) is 0 Å². The van der Waals surface area contributed by atoms with E-state index >= 15 is 0 Å². The van der Waals surface area contributed by atoms with Crippen molar-refractivity contribution in [3.05, 3.63) is 59.4 Å². The van der Waals surface area contributed by atoms with Gasteiger partial charge in [0.15, 0.2) is 5.54 Å². The molecule has 1 aromatic carbocycles. The summed E-state index contributed by atoms with van der Waals surface area (Å²) < 4.78 is 44.7. The Labute approximate surface area is 141 Å². The molecule has 1 aliphatic heterocycles. The molecule has 25 heavy (non-hydrogen) atoms. The average molecular weight is 349 g/mol. The van der Waals surface area contributed by atoms with E-state index in [1.54, 1.807) is 30.3 Å². The van der Waals surface area contributed by atoms with Crippen LogP contribution in [0.25, 0.3) is 0 Å². The highest BCUT2D eigenvalue weighted by molar-refractivity contribution is 5.90. The van der Waals surface area contributed by atoms with E-state index in [1.807, 2.05) is 0 Å². The number of nitrogens with two attached hydrogens (primary N) is 1. The van der Waals surface area contributed by atoms with E-state index in [9.17, 15) is 13.2 Å². The molecule has 0 amide bonds. The van der Waals surface area contributed by atoms with Gasteiger partial charge in [-0.05, 0) is 11.6 Å². The molecule has 2 heterocycles.